The Bertz CT molecular complexity index is 719. The van der Waals surface area contributed by atoms with Crippen molar-refractivity contribution in [3.05, 3.63) is 52.6 Å². The van der Waals surface area contributed by atoms with E-state index >= 15 is 0 Å². The van der Waals surface area contributed by atoms with Crippen molar-refractivity contribution in [1.82, 2.24) is 10.2 Å². The number of aromatic amines is 1. The number of benzene rings is 1. The quantitative estimate of drug-likeness (QED) is 0.896. The number of hydrogen-bond donors (Lipinski definition) is 2. The number of aryl methyl sites for hydroxylation is 1. The molecule has 0 fully saturated rings. The second-order valence-electron chi connectivity index (χ2n) is 6.36. The van der Waals surface area contributed by atoms with E-state index in [1.165, 1.54) is 19.1 Å². The lowest BCUT2D eigenvalue weighted by Gasteiger charge is -2.41. The fourth-order valence-corrected chi connectivity index (χ4v) is 3.71. The average molecular weight is 302 g/mol. The maximum Gasteiger partial charge on any atom is 0.136 e. The molecule has 3 atom stereocenters. The first kappa shape index (κ1) is 14.9. The molecule has 4 nitrogen and oxygen atoms in total. The molecule has 0 amide bonds. The Morgan fingerprint density at radius 1 is 1.41 bits per heavy atom. The van der Waals surface area contributed by atoms with Gasteiger partial charge >= 0.3 is 0 Å². The summed E-state index contributed by atoms with van der Waals surface area (Å²) in [7, 11) is 0. The first-order chi connectivity index (χ1) is 10.3. The van der Waals surface area contributed by atoms with E-state index in [0.29, 0.717) is 6.42 Å². The molecule has 116 valence electrons. The predicted molar refractivity (Wildman–Crippen MR) is 80.1 cm³/mol. The molecule has 2 aromatic rings. The minimum Gasteiger partial charge on any atom is -0.389 e. The highest BCUT2D eigenvalue weighted by Crippen LogP contribution is 2.46. The van der Waals surface area contributed by atoms with Crippen LogP contribution in [0, 0.1) is 18.7 Å². The number of fused-ring (bicyclic) bond motifs is 1. The van der Waals surface area contributed by atoms with Crippen LogP contribution in [0.4, 0.5) is 4.39 Å². The largest absolute Gasteiger partial charge is 0.389 e. The number of aromatic nitrogens is 2. The van der Waals surface area contributed by atoms with Crippen LogP contribution in [0.15, 0.2) is 24.3 Å². The highest BCUT2D eigenvalue weighted by Gasteiger charge is 2.48. The van der Waals surface area contributed by atoms with Crippen LogP contribution in [0.25, 0.3) is 0 Å². The van der Waals surface area contributed by atoms with Gasteiger partial charge in [0.25, 0.3) is 0 Å². The lowest BCUT2D eigenvalue weighted by Crippen LogP contribution is -2.48. The van der Waals surface area contributed by atoms with Gasteiger partial charge in [0.2, 0.25) is 0 Å². The summed E-state index contributed by atoms with van der Waals surface area (Å²) in [5.41, 5.74) is 2.23. The number of rotatable bonds is 2. The summed E-state index contributed by atoms with van der Waals surface area (Å²) in [4.78, 5) is 12.2. The van der Waals surface area contributed by atoms with Gasteiger partial charge in [0.15, 0.2) is 0 Å². The summed E-state index contributed by atoms with van der Waals surface area (Å²) >= 11 is 0. The summed E-state index contributed by atoms with van der Waals surface area (Å²) in [6.07, 6.45) is 0.328. The Kier molecular flexibility index (Phi) is 3.40. The second kappa shape index (κ2) is 5.02. The lowest BCUT2D eigenvalue weighted by molar-refractivity contribution is -0.130. The van der Waals surface area contributed by atoms with Gasteiger partial charge in [-0.3, -0.25) is 9.89 Å². The van der Waals surface area contributed by atoms with E-state index in [9.17, 15) is 14.3 Å². The van der Waals surface area contributed by atoms with Crippen molar-refractivity contribution in [2.75, 3.05) is 0 Å². The van der Waals surface area contributed by atoms with Crippen LogP contribution in [0.1, 0.15) is 42.3 Å². The predicted octanol–water partition coefficient (Wildman–Crippen LogP) is 2.50. The molecule has 2 N–H and O–H groups in total. The fraction of sp³-hybridized carbons (Fsp3) is 0.412. The van der Waals surface area contributed by atoms with Gasteiger partial charge in [0.1, 0.15) is 11.6 Å². The lowest BCUT2D eigenvalue weighted by atomic mass is 9.64. The summed E-state index contributed by atoms with van der Waals surface area (Å²) in [6.45, 7) is 5.07. The average Bonchev–Trinajstić information content (AvgIpc) is 2.77. The Labute approximate surface area is 128 Å². The van der Waals surface area contributed by atoms with Gasteiger partial charge in [0, 0.05) is 23.6 Å². The molecule has 3 unspecified atom stereocenters. The van der Waals surface area contributed by atoms with Gasteiger partial charge in [-0.05, 0) is 38.5 Å². The number of carbonyl (C=O) groups is 1. The number of H-pyrrole nitrogens is 1. The molecule has 1 aliphatic carbocycles. The highest BCUT2D eigenvalue weighted by atomic mass is 19.1. The topological polar surface area (TPSA) is 66.0 Å². The van der Waals surface area contributed by atoms with Gasteiger partial charge in [0.05, 0.1) is 17.2 Å². The molecule has 0 radical (unpaired) electrons. The first-order valence-corrected chi connectivity index (χ1v) is 7.33. The minimum absolute atomic E-state index is 0.0782. The van der Waals surface area contributed by atoms with Gasteiger partial charge < -0.3 is 5.11 Å². The highest BCUT2D eigenvalue weighted by molar-refractivity contribution is 5.82. The van der Waals surface area contributed by atoms with Gasteiger partial charge in [-0.25, -0.2) is 4.39 Å². The van der Waals surface area contributed by atoms with Crippen LogP contribution in [0.3, 0.4) is 0 Å². The molecule has 0 saturated carbocycles. The number of carbonyl (C=O) groups excluding carboxylic acids is 1. The van der Waals surface area contributed by atoms with Crippen molar-refractivity contribution in [1.29, 1.82) is 0 Å². The van der Waals surface area contributed by atoms with E-state index in [2.05, 4.69) is 10.2 Å². The number of halogens is 1. The van der Waals surface area contributed by atoms with Gasteiger partial charge in [-0.2, -0.15) is 5.10 Å². The van der Waals surface area contributed by atoms with E-state index in [-0.39, 0.29) is 17.5 Å². The molecule has 0 aliphatic heterocycles. The van der Waals surface area contributed by atoms with Crippen LogP contribution in [0.5, 0.6) is 0 Å². The standard InChI is InChI=1S/C17H19FN2O2/c1-9-14-13(20-19-9)8-17(3,22)16(10(2)21)15(14)11-4-6-12(18)7-5-11/h4-7,15-16,22H,8H2,1-3H3,(H,19,20). The van der Waals surface area contributed by atoms with Gasteiger partial charge in [-0.1, -0.05) is 12.1 Å². The Balaban J connectivity index is 2.23. The summed E-state index contributed by atoms with van der Waals surface area (Å²) in [5, 5.41) is 18.0. The van der Waals surface area contributed by atoms with Crippen molar-refractivity contribution in [2.24, 2.45) is 5.92 Å². The van der Waals surface area contributed by atoms with Crippen molar-refractivity contribution in [3.63, 3.8) is 0 Å². The zero-order chi connectivity index (χ0) is 16.1. The monoisotopic (exact) mass is 302 g/mol. The SMILES string of the molecule is CC(=O)C1C(c2ccc(F)cc2)c2c(n[nH]c2C)CC1(C)O. The number of nitrogens with zero attached hydrogens (tertiary/aromatic N) is 1. The number of Topliss-reactive ketones (excluding diaryl/α,β-unsaturated/α-hetero) is 1. The van der Waals surface area contributed by atoms with Crippen LogP contribution in [0.2, 0.25) is 0 Å². The van der Waals surface area contributed by atoms with E-state index in [1.807, 2.05) is 6.92 Å². The summed E-state index contributed by atoms with van der Waals surface area (Å²) < 4.78 is 13.2. The molecule has 1 aromatic heterocycles. The molecular weight excluding hydrogens is 283 g/mol. The molecule has 0 saturated heterocycles. The van der Waals surface area contributed by atoms with Crippen molar-refractivity contribution >= 4 is 5.78 Å². The number of ketones is 1. The van der Waals surface area contributed by atoms with E-state index in [4.69, 9.17) is 0 Å². The Morgan fingerprint density at radius 3 is 2.64 bits per heavy atom. The van der Waals surface area contributed by atoms with Crippen LogP contribution in [-0.2, 0) is 11.2 Å². The molecule has 3 rings (SSSR count). The fourth-order valence-electron chi connectivity index (χ4n) is 3.71. The molecule has 1 heterocycles. The number of aliphatic hydroxyl groups is 1. The van der Waals surface area contributed by atoms with Crippen LogP contribution in [-0.4, -0.2) is 26.7 Å². The number of hydrogen-bond acceptors (Lipinski definition) is 3. The third-order valence-corrected chi connectivity index (χ3v) is 4.58. The number of nitrogens with one attached hydrogen (secondary N) is 1. The smallest absolute Gasteiger partial charge is 0.136 e. The molecular formula is C17H19FN2O2. The third-order valence-electron chi connectivity index (χ3n) is 4.58. The van der Waals surface area contributed by atoms with Crippen LogP contribution < -0.4 is 0 Å². The van der Waals surface area contributed by atoms with E-state index in [0.717, 1.165) is 22.5 Å². The van der Waals surface area contributed by atoms with Crippen molar-refractivity contribution in [3.8, 4) is 0 Å². The normalized spacial score (nSPS) is 27.5. The van der Waals surface area contributed by atoms with Crippen molar-refractivity contribution < 1.29 is 14.3 Å². The molecule has 1 aliphatic rings. The molecule has 0 bridgehead atoms. The van der Waals surface area contributed by atoms with Crippen LogP contribution >= 0.6 is 0 Å². The Morgan fingerprint density at radius 2 is 2.05 bits per heavy atom. The van der Waals surface area contributed by atoms with Gasteiger partial charge in [-0.15, -0.1) is 0 Å². The van der Waals surface area contributed by atoms with E-state index in [1.54, 1.807) is 19.1 Å². The molecule has 5 heteroatoms. The summed E-state index contributed by atoms with van der Waals surface area (Å²) in [5.74, 6) is -1.31. The second-order valence-corrected chi connectivity index (χ2v) is 6.36. The molecule has 22 heavy (non-hydrogen) atoms. The maximum absolute atomic E-state index is 13.2. The first-order valence-electron chi connectivity index (χ1n) is 7.33. The van der Waals surface area contributed by atoms with Crippen molar-refractivity contribution in [2.45, 2.75) is 38.7 Å². The maximum atomic E-state index is 13.2. The Hall–Kier alpha value is -2.01. The third kappa shape index (κ3) is 2.25. The molecule has 1 aromatic carbocycles. The minimum atomic E-state index is -1.18. The summed E-state index contributed by atoms with van der Waals surface area (Å²) in [6, 6.07) is 6.11. The molecule has 0 spiro atoms. The zero-order valence-corrected chi connectivity index (χ0v) is 12.9. The van der Waals surface area contributed by atoms with E-state index < -0.39 is 11.5 Å². The zero-order valence-electron chi connectivity index (χ0n) is 12.9.